The SMILES string of the molecule is CCC1SC(=S)N(CCC(=O)Nc2nc(CC(C)=O)ns2)C1=O. The Morgan fingerprint density at radius 2 is 2.17 bits per heavy atom. The zero-order chi connectivity index (χ0) is 17.0. The van der Waals surface area contributed by atoms with E-state index < -0.39 is 0 Å². The van der Waals surface area contributed by atoms with Crippen molar-refractivity contribution >= 4 is 62.6 Å². The lowest BCUT2D eigenvalue weighted by Gasteiger charge is -2.14. The lowest BCUT2D eigenvalue weighted by Crippen LogP contribution is -2.33. The van der Waals surface area contributed by atoms with E-state index in [1.54, 1.807) is 0 Å². The van der Waals surface area contributed by atoms with Crippen LogP contribution in [0.15, 0.2) is 0 Å². The first-order valence-electron chi connectivity index (χ1n) is 7.04. The number of carbonyl (C=O) groups is 3. The molecular formula is C13H16N4O3S3. The van der Waals surface area contributed by atoms with Crippen LogP contribution >= 0.6 is 35.5 Å². The van der Waals surface area contributed by atoms with Crippen molar-refractivity contribution in [1.82, 2.24) is 14.3 Å². The van der Waals surface area contributed by atoms with Gasteiger partial charge in [0.2, 0.25) is 16.9 Å². The molecule has 2 amide bonds. The van der Waals surface area contributed by atoms with Crippen LogP contribution in [0.25, 0.3) is 0 Å². The van der Waals surface area contributed by atoms with Gasteiger partial charge in [-0.05, 0) is 13.3 Å². The Labute approximate surface area is 147 Å². The molecule has 7 nitrogen and oxygen atoms in total. The molecule has 2 heterocycles. The Morgan fingerprint density at radius 1 is 1.43 bits per heavy atom. The minimum Gasteiger partial charge on any atom is -0.301 e. The van der Waals surface area contributed by atoms with Crippen molar-refractivity contribution in [2.75, 3.05) is 11.9 Å². The van der Waals surface area contributed by atoms with Crippen molar-refractivity contribution in [3.8, 4) is 0 Å². The number of nitrogens with zero attached hydrogens (tertiary/aromatic N) is 3. The van der Waals surface area contributed by atoms with Crippen molar-refractivity contribution < 1.29 is 14.4 Å². The van der Waals surface area contributed by atoms with Crippen LogP contribution in [0.3, 0.4) is 0 Å². The number of anilines is 1. The predicted molar refractivity (Wildman–Crippen MR) is 93.5 cm³/mol. The highest BCUT2D eigenvalue weighted by molar-refractivity contribution is 8.24. The summed E-state index contributed by atoms with van der Waals surface area (Å²) >= 11 is 7.57. The van der Waals surface area contributed by atoms with Gasteiger partial charge in [-0.15, -0.1) is 0 Å². The summed E-state index contributed by atoms with van der Waals surface area (Å²) in [5.41, 5.74) is 0. The highest BCUT2D eigenvalue weighted by Crippen LogP contribution is 2.29. The van der Waals surface area contributed by atoms with Crippen LogP contribution < -0.4 is 5.32 Å². The summed E-state index contributed by atoms with van der Waals surface area (Å²) in [6, 6.07) is 0. The second-order valence-corrected chi connectivity index (χ2v) is 7.55. The number of ketones is 1. The molecule has 0 bridgehead atoms. The number of nitrogens with one attached hydrogen (secondary N) is 1. The second kappa shape index (κ2) is 7.93. The largest absolute Gasteiger partial charge is 0.301 e. The molecule has 0 spiro atoms. The fourth-order valence-electron chi connectivity index (χ4n) is 1.95. The number of Topliss-reactive ketones (excluding diaryl/α,β-unsaturated/α-hetero) is 1. The van der Waals surface area contributed by atoms with E-state index >= 15 is 0 Å². The first-order chi connectivity index (χ1) is 10.9. The number of hydrogen-bond acceptors (Lipinski definition) is 8. The summed E-state index contributed by atoms with van der Waals surface area (Å²) < 4.78 is 4.52. The van der Waals surface area contributed by atoms with E-state index in [1.807, 2.05) is 6.92 Å². The second-order valence-electron chi connectivity index (χ2n) is 4.96. The van der Waals surface area contributed by atoms with Gasteiger partial charge in [0.1, 0.15) is 10.1 Å². The maximum Gasteiger partial charge on any atom is 0.241 e. The summed E-state index contributed by atoms with van der Waals surface area (Å²) in [4.78, 5) is 40.5. The molecule has 0 aromatic carbocycles. The summed E-state index contributed by atoms with van der Waals surface area (Å²) in [6.07, 6.45) is 0.999. The smallest absolute Gasteiger partial charge is 0.241 e. The zero-order valence-corrected chi connectivity index (χ0v) is 15.1. The molecule has 0 radical (unpaired) electrons. The molecule has 1 aromatic rings. The highest BCUT2D eigenvalue weighted by atomic mass is 32.2. The van der Waals surface area contributed by atoms with Gasteiger partial charge in [-0.2, -0.15) is 4.37 Å². The van der Waals surface area contributed by atoms with E-state index in [-0.39, 0.29) is 42.2 Å². The van der Waals surface area contributed by atoms with Gasteiger partial charge in [0.25, 0.3) is 0 Å². The predicted octanol–water partition coefficient (Wildman–Crippen LogP) is 1.64. The molecular weight excluding hydrogens is 356 g/mol. The summed E-state index contributed by atoms with van der Waals surface area (Å²) in [5, 5.41) is 2.83. The van der Waals surface area contributed by atoms with E-state index in [9.17, 15) is 14.4 Å². The summed E-state index contributed by atoms with van der Waals surface area (Å²) in [7, 11) is 0. The van der Waals surface area contributed by atoms with Crippen LogP contribution in [-0.2, 0) is 20.8 Å². The maximum atomic E-state index is 12.1. The molecule has 1 N–H and O–H groups in total. The van der Waals surface area contributed by atoms with Gasteiger partial charge in [-0.3, -0.25) is 19.3 Å². The Balaban J connectivity index is 1.83. The van der Waals surface area contributed by atoms with Crippen molar-refractivity contribution in [1.29, 1.82) is 0 Å². The Hall–Kier alpha value is -1.39. The summed E-state index contributed by atoms with van der Waals surface area (Å²) in [6.45, 7) is 3.64. The van der Waals surface area contributed by atoms with Gasteiger partial charge in [0.15, 0.2) is 5.82 Å². The monoisotopic (exact) mass is 372 g/mol. The van der Waals surface area contributed by atoms with Crippen molar-refractivity contribution in [3.05, 3.63) is 5.82 Å². The Bertz CT molecular complexity index is 646. The number of aromatic nitrogens is 2. The van der Waals surface area contributed by atoms with E-state index in [0.717, 1.165) is 18.0 Å². The molecule has 1 saturated heterocycles. The van der Waals surface area contributed by atoms with Crippen LogP contribution in [0.4, 0.5) is 5.13 Å². The highest BCUT2D eigenvalue weighted by Gasteiger charge is 2.35. The van der Waals surface area contributed by atoms with Crippen LogP contribution in [0, 0.1) is 0 Å². The number of rotatable bonds is 7. The maximum absolute atomic E-state index is 12.1. The average molecular weight is 372 g/mol. The molecule has 1 aliphatic heterocycles. The zero-order valence-electron chi connectivity index (χ0n) is 12.7. The Kier molecular flexibility index (Phi) is 6.19. The molecule has 1 atom stereocenters. The standard InChI is InChI=1S/C13H16N4O3S3/c1-3-8-11(20)17(13(21)22-8)5-4-10(19)15-12-14-9(16-23-12)6-7(2)18/h8H,3-6H2,1-2H3,(H,14,15,16,19). The van der Waals surface area contributed by atoms with Gasteiger partial charge in [0.05, 0.1) is 11.7 Å². The number of thiocarbonyl (C=S) groups is 1. The molecule has 10 heteroatoms. The third kappa shape index (κ3) is 4.79. The molecule has 1 aliphatic rings. The van der Waals surface area contributed by atoms with Crippen LogP contribution in [0.1, 0.15) is 32.5 Å². The molecule has 0 saturated carbocycles. The van der Waals surface area contributed by atoms with E-state index in [4.69, 9.17) is 12.2 Å². The Morgan fingerprint density at radius 3 is 2.78 bits per heavy atom. The van der Waals surface area contributed by atoms with Crippen molar-refractivity contribution in [2.45, 2.75) is 38.4 Å². The first kappa shape index (κ1) is 18.0. The van der Waals surface area contributed by atoms with Gasteiger partial charge in [-0.1, -0.05) is 30.9 Å². The molecule has 1 unspecified atom stereocenters. The molecule has 124 valence electrons. The van der Waals surface area contributed by atoms with Crippen molar-refractivity contribution in [3.63, 3.8) is 0 Å². The van der Waals surface area contributed by atoms with E-state index in [1.165, 1.54) is 23.6 Å². The lowest BCUT2D eigenvalue weighted by atomic mass is 10.3. The molecule has 1 fully saturated rings. The van der Waals surface area contributed by atoms with Crippen LogP contribution in [0.2, 0.25) is 0 Å². The fourth-order valence-corrected chi connectivity index (χ4v) is 4.03. The molecule has 2 rings (SSSR count). The number of carbonyl (C=O) groups excluding carboxylic acids is 3. The minimum absolute atomic E-state index is 0.0324. The van der Waals surface area contributed by atoms with E-state index in [2.05, 4.69) is 14.7 Å². The van der Waals surface area contributed by atoms with Crippen molar-refractivity contribution in [2.24, 2.45) is 0 Å². The number of thioether (sulfide) groups is 1. The van der Waals surface area contributed by atoms with Crippen LogP contribution in [-0.4, -0.2) is 48.0 Å². The lowest BCUT2D eigenvalue weighted by molar-refractivity contribution is -0.126. The first-order valence-corrected chi connectivity index (χ1v) is 9.10. The third-order valence-corrected chi connectivity index (χ3v) is 5.48. The van der Waals surface area contributed by atoms with Gasteiger partial charge >= 0.3 is 0 Å². The van der Waals surface area contributed by atoms with Crippen LogP contribution in [0.5, 0.6) is 0 Å². The normalized spacial score (nSPS) is 17.7. The van der Waals surface area contributed by atoms with Gasteiger partial charge < -0.3 is 5.32 Å². The van der Waals surface area contributed by atoms with Gasteiger partial charge in [0, 0.05) is 24.5 Å². The quantitative estimate of drug-likeness (QED) is 0.727. The van der Waals surface area contributed by atoms with Gasteiger partial charge in [-0.25, -0.2) is 4.98 Å². The summed E-state index contributed by atoms with van der Waals surface area (Å²) in [5.74, 6) is 0.0617. The molecule has 1 aromatic heterocycles. The number of hydrogen-bond donors (Lipinski definition) is 1. The molecule has 0 aliphatic carbocycles. The number of amides is 2. The van der Waals surface area contributed by atoms with E-state index in [0.29, 0.717) is 15.3 Å². The average Bonchev–Trinajstić information content (AvgIpc) is 3.01. The molecule has 23 heavy (non-hydrogen) atoms. The fraction of sp³-hybridized carbons (Fsp3) is 0.538. The minimum atomic E-state index is -0.268. The topological polar surface area (TPSA) is 92.3 Å². The third-order valence-electron chi connectivity index (χ3n) is 3.06.